The molecule has 2 N–H and O–H groups in total. The third-order valence-electron chi connectivity index (χ3n) is 4.26. The SMILES string of the molecule is CNC(=O)c1cc2c(=O)n3cc(C)ccc3nc2n(CCCOC)c1=N. The molecule has 0 fully saturated rings. The zero-order valence-corrected chi connectivity index (χ0v) is 15.0. The molecule has 8 nitrogen and oxygen atoms in total. The second-order valence-electron chi connectivity index (χ2n) is 6.07. The summed E-state index contributed by atoms with van der Waals surface area (Å²) in [6, 6.07) is 5.10. The van der Waals surface area contributed by atoms with E-state index in [0.717, 1.165) is 5.56 Å². The molecule has 26 heavy (non-hydrogen) atoms. The molecule has 3 heterocycles. The first-order chi connectivity index (χ1) is 12.5. The van der Waals surface area contributed by atoms with Gasteiger partial charge in [0.15, 0.2) is 0 Å². The number of fused-ring (bicyclic) bond motifs is 2. The van der Waals surface area contributed by atoms with Crippen molar-refractivity contribution in [2.75, 3.05) is 20.8 Å². The van der Waals surface area contributed by atoms with Gasteiger partial charge in [0.1, 0.15) is 16.8 Å². The van der Waals surface area contributed by atoms with Gasteiger partial charge in [-0.25, -0.2) is 4.98 Å². The van der Waals surface area contributed by atoms with Crippen LogP contribution in [0.2, 0.25) is 0 Å². The van der Waals surface area contributed by atoms with Gasteiger partial charge in [0.2, 0.25) is 0 Å². The van der Waals surface area contributed by atoms with E-state index in [1.54, 1.807) is 23.9 Å². The van der Waals surface area contributed by atoms with E-state index in [0.29, 0.717) is 36.3 Å². The lowest BCUT2D eigenvalue weighted by atomic mass is 10.2. The summed E-state index contributed by atoms with van der Waals surface area (Å²) in [6.45, 7) is 2.82. The average molecular weight is 355 g/mol. The maximum Gasteiger partial charge on any atom is 0.267 e. The summed E-state index contributed by atoms with van der Waals surface area (Å²) in [5.41, 5.74) is 1.73. The Morgan fingerprint density at radius 3 is 2.85 bits per heavy atom. The number of aromatic nitrogens is 3. The number of carbonyl (C=O) groups excluding carboxylic acids is 1. The van der Waals surface area contributed by atoms with Gasteiger partial charge in [0, 0.05) is 33.5 Å². The van der Waals surface area contributed by atoms with Crippen LogP contribution in [-0.4, -0.2) is 40.6 Å². The van der Waals surface area contributed by atoms with E-state index >= 15 is 0 Å². The minimum Gasteiger partial charge on any atom is -0.385 e. The van der Waals surface area contributed by atoms with E-state index < -0.39 is 5.91 Å². The highest BCUT2D eigenvalue weighted by Gasteiger charge is 2.16. The van der Waals surface area contributed by atoms with E-state index in [4.69, 9.17) is 10.1 Å². The minimum atomic E-state index is -0.411. The van der Waals surface area contributed by atoms with Gasteiger partial charge >= 0.3 is 0 Å². The molecule has 136 valence electrons. The topological polar surface area (TPSA) is 101 Å². The van der Waals surface area contributed by atoms with Gasteiger partial charge < -0.3 is 14.6 Å². The molecule has 0 spiro atoms. The minimum absolute atomic E-state index is 0.0244. The van der Waals surface area contributed by atoms with Crippen LogP contribution in [0.1, 0.15) is 22.3 Å². The number of nitrogens with one attached hydrogen (secondary N) is 2. The van der Waals surface area contributed by atoms with Crippen LogP contribution >= 0.6 is 0 Å². The van der Waals surface area contributed by atoms with Crippen molar-refractivity contribution in [1.29, 1.82) is 5.41 Å². The summed E-state index contributed by atoms with van der Waals surface area (Å²) in [4.78, 5) is 29.8. The molecule has 0 aliphatic rings. The average Bonchev–Trinajstić information content (AvgIpc) is 2.64. The van der Waals surface area contributed by atoms with Crippen molar-refractivity contribution in [2.45, 2.75) is 19.9 Å². The summed E-state index contributed by atoms with van der Waals surface area (Å²) < 4.78 is 8.15. The lowest BCUT2D eigenvalue weighted by Gasteiger charge is -2.14. The van der Waals surface area contributed by atoms with Crippen molar-refractivity contribution in [3.05, 3.63) is 51.4 Å². The van der Waals surface area contributed by atoms with Crippen LogP contribution in [0.15, 0.2) is 29.2 Å². The Morgan fingerprint density at radius 2 is 2.15 bits per heavy atom. The van der Waals surface area contributed by atoms with E-state index in [9.17, 15) is 9.59 Å². The number of hydrogen-bond donors (Lipinski definition) is 2. The maximum absolute atomic E-state index is 13.0. The molecule has 3 rings (SSSR count). The standard InChI is InChI=1S/C18H21N5O3/c1-11-5-6-14-21-16-13(18(25)23(14)10-11)9-12(17(24)20-2)15(19)22(16)7-4-8-26-3/h5-6,9-10,19H,4,7-8H2,1-3H3,(H,20,24). The van der Waals surface area contributed by atoms with Crippen molar-refractivity contribution in [1.82, 2.24) is 19.3 Å². The van der Waals surface area contributed by atoms with Gasteiger partial charge in [-0.1, -0.05) is 6.07 Å². The van der Waals surface area contributed by atoms with Crippen LogP contribution in [-0.2, 0) is 11.3 Å². The molecule has 0 radical (unpaired) electrons. The highest BCUT2D eigenvalue weighted by atomic mass is 16.5. The lowest BCUT2D eigenvalue weighted by Crippen LogP contribution is -2.34. The van der Waals surface area contributed by atoms with Gasteiger partial charge in [-0.05, 0) is 31.0 Å². The van der Waals surface area contributed by atoms with Gasteiger partial charge in [0.05, 0.1) is 10.9 Å². The second-order valence-corrected chi connectivity index (χ2v) is 6.07. The number of ether oxygens (including phenoxy) is 1. The molecular formula is C18H21N5O3. The molecule has 0 aliphatic heterocycles. The Kier molecular flexibility index (Phi) is 4.85. The predicted octanol–water partition coefficient (Wildman–Crippen LogP) is 0.833. The Balaban J connectivity index is 2.39. The van der Waals surface area contributed by atoms with Gasteiger partial charge in [-0.3, -0.25) is 19.4 Å². The molecule has 0 aliphatic carbocycles. The second kappa shape index (κ2) is 7.09. The van der Waals surface area contributed by atoms with Crippen LogP contribution in [0.25, 0.3) is 16.7 Å². The molecule has 0 atom stereocenters. The quantitative estimate of drug-likeness (QED) is 0.523. The largest absolute Gasteiger partial charge is 0.385 e. The number of amides is 1. The number of methoxy groups -OCH3 is 1. The zero-order chi connectivity index (χ0) is 18.8. The summed E-state index contributed by atoms with van der Waals surface area (Å²) in [7, 11) is 3.10. The summed E-state index contributed by atoms with van der Waals surface area (Å²) in [5, 5.41) is 11.2. The molecule has 8 heteroatoms. The lowest BCUT2D eigenvalue weighted by molar-refractivity contribution is 0.0960. The van der Waals surface area contributed by atoms with Crippen LogP contribution < -0.4 is 16.4 Å². The van der Waals surface area contributed by atoms with Gasteiger partial charge in [-0.15, -0.1) is 0 Å². The fourth-order valence-electron chi connectivity index (χ4n) is 2.94. The Labute approximate surface area is 149 Å². The Hall–Kier alpha value is -3.00. The molecule has 0 aromatic carbocycles. The summed E-state index contributed by atoms with van der Waals surface area (Å²) in [5.74, 6) is -0.411. The van der Waals surface area contributed by atoms with Crippen molar-refractivity contribution < 1.29 is 9.53 Å². The molecule has 0 bridgehead atoms. The number of rotatable bonds is 5. The molecule has 0 saturated heterocycles. The van der Waals surface area contributed by atoms with Crippen molar-refractivity contribution in [2.24, 2.45) is 0 Å². The van der Waals surface area contributed by atoms with Gasteiger partial charge in [0.25, 0.3) is 11.5 Å². The highest BCUT2D eigenvalue weighted by molar-refractivity contribution is 5.96. The van der Waals surface area contributed by atoms with Crippen molar-refractivity contribution in [3.8, 4) is 0 Å². The zero-order valence-electron chi connectivity index (χ0n) is 15.0. The highest BCUT2D eigenvalue weighted by Crippen LogP contribution is 2.11. The number of hydrogen-bond acceptors (Lipinski definition) is 5. The molecule has 3 aromatic rings. The fraction of sp³-hybridized carbons (Fsp3) is 0.333. The molecule has 1 amide bonds. The van der Waals surface area contributed by atoms with E-state index in [-0.39, 0.29) is 16.6 Å². The maximum atomic E-state index is 13.0. The smallest absolute Gasteiger partial charge is 0.267 e. The number of pyridine rings is 2. The monoisotopic (exact) mass is 355 g/mol. The molecule has 0 saturated carbocycles. The number of carbonyl (C=O) groups is 1. The Bertz CT molecular complexity index is 1110. The molecular weight excluding hydrogens is 334 g/mol. The summed E-state index contributed by atoms with van der Waals surface area (Å²) >= 11 is 0. The Morgan fingerprint density at radius 1 is 1.38 bits per heavy atom. The third-order valence-corrected chi connectivity index (χ3v) is 4.26. The van der Waals surface area contributed by atoms with E-state index in [1.165, 1.54) is 17.5 Å². The van der Waals surface area contributed by atoms with Crippen molar-refractivity contribution in [3.63, 3.8) is 0 Å². The third kappa shape index (κ3) is 2.99. The van der Waals surface area contributed by atoms with Gasteiger partial charge in [-0.2, -0.15) is 0 Å². The van der Waals surface area contributed by atoms with Crippen LogP contribution in [0.3, 0.4) is 0 Å². The first kappa shape index (κ1) is 17.8. The first-order valence-electron chi connectivity index (χ1n) is 8.30. The van der Waals surface area contributed by atoms with Crippen LogP contribution in [0, 0.1) is 12.3 Å². The molecule has 0 unspecified atom stereocenters. The first-order valence-corrected chi connectivity index (χ1v) is 8.30. The number of nitrogens with zero attached hydrogens (tertiary/aromatic N) is 3. The fourth-order valence-corrected chi connectivity index (χ4v) is 2.94. The molecule has 3 aromatic heterocycles. The van der Waals surface area contributed by atoms with E-state index in [1.807, 2.05) is 13.0 Å². The predicted molar refractivity (Wildman–Crippen MR) is 97.4 cm³/mol. The normalized spacial score (nSPS) is 11.2. The van der Waals surface area contributed by atoms with E-state index in [2.05, 4.69) is 10.3 Å². The van der Waals surface area contributed by atoms with Crippen LogP contribution in [0.4, 0.5) is 0 Å². The van der Waals surface area contributed by atoms with Crippen molar-refractivity contribution >= 4 is 22.6 Å². The summed E-state index contributed by atoms with van der Waals surface area (Å²) in [6.07, 6.45) is 2.35. The van der Waals surface area contributed by atoms with Crippen LogP contribution in [0.5, 0.6) is 0 Å². The number of aryl methyl sites for hydroxylation is 2.